The lowest BCUT2D eigenvalue weighted by molar-refractivity contribution is -0.119. The van der Waals surface area contributed by atoms with E-state index in [9.17, 15) is 18.4 Å². The molecule has 0 unspecified atom stereocenters. The molecule has 0 amide bonds. The highest BCUT2D eigenvalue weighted by atomic mass is 35.5. The molecule has 2 aromatic rings. The van der Waals surface area contributed by atoms with Gasteiger partial charge >= 0.3 is 0 Å². The highest BCUT2D eigenvalue weighted by Crippen LogP contribution is 2.33. The molecule has 0 bridgehead atoms. The van der Waals surface area contributed by atoms with Gasteiger partial charge < -0.3 is 19.1 Å². The molecule has 7 nitrogen and oxygen atoms in total. The average molecular weight is 493 g/mol. The molecule has 1 aliphatic rings. The van der Waals surface area contributed by atoms with Crippen LogP contribution in [0.15, 0.2) is 47.2 Å². The van der Waals surface area contributed by atoms with Crippen molar-refractivity contribution in [3.63, 3.8) is 0 Å². The molecular formula is C24H27ClF2N4O3. The Kier molecular flexibility index (Phi) is 7.76. The van der Waals surface area contributed by atoms with Gasteiger partial charge in [0, 0.05) is 51.4 Å². The van der Waals surface area contributed by atoms with Crippen LogP contribution in [0.5, 0.6) is 5.75 Å². The van der Waals surface area contributed by atoms with Crippen molar-refractivity contribution in [3.8, 4) is 5.75 Å². The summed E-state index contributed by atoms with van der Waals surface area (Å²) in [5, 5.41) is -0.171. The van der Waals surface area contributed by atoms with E-state index < -0.39 is 23.2 Å². The van der Waals surface area contributed by atoms with Crippen molar-refractivity contribution in [1.29, 1.82) is 0 Å². The van der Waals surface area contributed by atoms with E-state index >= 15 is 0 Å². The minimum atomic E-state index is -0.854. The summed E-state index contributed by atoms with van der Waals surface area (Å²) in [6.45, 7) is 3.30. The van der Waals surface area contributed by atoms with Gasteiger partial charge in [-0.2, -0.15) is 0 Å². The Morgan fingerprint density at radius 2 is 2.03 bits per heavy atom. The molecule has 2 aromatic heterocycles. The molecule has 3 rings (SSSR count). The van der Waals surface area contributed by atoms with Crippen molar-refractivity contribution in [1.82, 2.24) is 19.4 Å². The number of allylic oxidation sites excluding steroid dienone is 1. The summed E-state index contributed by atoms with van der Waals surface area (Å²) < 4.78 is 34.0. The summed E-state index contributed by atoms with van der Waals surface area (Å²) in [6.07, 6.45) is 6.34. The highest BCUT2D eigenvalue weighted by molar-refractivity contribution is 6.31. The van der Waals surface area contributed by atoms with Crippen LogP contribution in [0, 0.1) is 18.6 Å². The second kappa shape index (κ2) is 10.4. The van der Waals surface area contributed by atoms with Crippen LogP contribution in [0.4, 0.5) is 8.78 Å². The molecule has 3 heterocycles. The van der Waals surface area contributed by atoms with E-state index in [0.717, 1.165) is 11.8 Å². The normalized spacial score (nSPS) is 18.2. The Morgan fingerprint density at radius 3 is 2.68 bits per heavy atom. The summed E-state index contributed by atoms with van der Waals surface area (Å²) in [5.74, 6) is -1.65. The molecular weight excluding hydrogens is 466 g/mol. The number of pyridine rings is 2. The van der Waals surface area contributed by atoms with Crippen LogP contribution < -0.4 is 10.3 Å². The molecule has 34 heavy (non-hydrogen) atoms. The van der Waals surface area contributed by atoms with E-state index in [-0.39, 0.29) is 34.9 Å². The maximum absolute atomic E-state index is 13.9. The minimum Gasteiger partial charge on any atom is -0.485 e. The number of hydrogen-bond acceptors (Lipinski definition) is 6. The maximum Gasteiger partial charge on any atom is 0.273 e. The summed E-state index contributed by atoms with van der Waals surface area (Å²) in [5.41, 5.74) is 0.868. The molecule has 182 valence electrons. The number of rotatable bonds is 7. The zero-order valence-corrected chi connectivity index (χ0v) is 20.4. The number of nitrogens with zero attached hydrogens (tertiary/aromatic N) is 4. The number of halogens is 3. The molecule has 2 atom stereocenters. The number of hydrogen-bond donors (Lipinski definition) is 0. The van der Waals surface area contributed by atoms with Gasteiger partial charge in [-0.05, 0) is 31.9 Å². The first-order valence-corrected chi connectivity index (χ1v) is 11.0. The van der Waals surface area contributed by atoms with Crippen molar-refractivity contribution in [2.24, 2.45) is 0 Å². The van der Waals surface area contributed by atoms with E-state index in [4.69, 9.17) is 16.3 Å². The fourth-order valence-electron chi connectivity index (χ4n) is 3.90. The Balaban J connectivity index is 1.89. The third-order valence-corrected chi connectivity index (χ3v) is 5.99. The first kappa shape index (κ1) is 25.4. The number of ketones is 1. The van der Waals surface area contributed by atoms with Crippen LogP contribution >= 0.6 is 11.6 Å². The van der Waals surface area contributed by atoms with Crippen LogP contribution in [0.1, 0.15) is 30.8 Å². The number of ether oxygens (including phenoxy) is 1. The number of aryl methyl sites for hydroxylation is 1. The van der Waals surface area contributed by atoms with Gasteiger partial charge in [0.1, 0.15) is 28.9 Å². The van der Waals surface area contributed by atoms with Crippen LogP contribution in [-0.4, -0.2) is 52.3 Å². The van der Waals surface area contributed by atoms with E-state index in [2.05, 4.69) is 4.98 Å². The highest BCUT2D eigenvalue weighted by Gasteiger charge is 2.32. The molecule has 0 N–H and O–H groups in total. The largest absolute Gasteiger partial charge is 0.485 e. The van der Waals surface area contributed by atoms with Gasteiger partial charge in [-0.15, -0.1) is 0 Å². The molecule has 0 spiro atoms. The van der Waals surface area contributed by atoms with Gasteiger partial charge in [0.25, 0.3) is 5.56 Å². The van der Waals surface area contributed by atoms with Gasteiger partial charge in [0.15, 0.2) is 11.6 Å². The van der Waals surface area contributed by atoms with Gasteiger partial charge in [-0.3, -0.25) is 14.6 Å². The molecule has 0 aliphatic carbocycles. The lowest BCUT2D eigenvalue weighted by Gasteiger charge is -2.36. The summed E-state index contributed by atoms with van der Waals surface area (Å²) in [7, 11) is 5.49. The van der Waals surface area contributed by atoms with Crippen LogP contribution in [0.2, 0.25) is 5.02 Å². The topological polar surface area (TPSA) is 67.7 Å². The third-order valence-electron chi connectivity index (χ3n) is 5.64. The van der Waals surface area contributed by atoms with Crippen LogP contribution in [0.3, 0.4) is 0 Å². The number of carbonyl (C=O) groups is 1. The standard InChI is InChI=1S/C24H27ClF2N4O3/c1-14-12-30(5)20(21(32)6-7-29(3)4)10-19(14)31-15(2)8-22(23(25)24(31)33)34-13-18-17(27)9-16(26)11-28-18/h6-9,11-12,19-20H,10,13H2,1-5H3/b7-6+/t19-,20-/m1/s1. The molecule has 0 aromatic carbocycles. The van der Waals surface area contributed by atoms with Gasteiger partial charge in [-0.1, -0.05) is 11.6 Å². The van der Waals surface area contributed by atoms with E-state index in [1.807, 2.05) is 39.2 Å². The number of likely N-dealkylation sites (N-methyl/N-ethyl adjacent to an activating group) is 1. The second-order valence-electron chi connectivity index (χ2n) is 8.50. The average Bonchev–Trinajstić information content (AvgIpc) is 2.76. The fraction of sp³-hybridized carbons (Fsp3) is 0.375. The maximum atomic E-state index is 13.9. The Labute approximate surface area is 201 Å². The van der Waals surface area contributed by atoms with Gasteiger partial charge in [0.05, 0.1) is 18.3 Å². The van der Waals surface area contributed by atoms with Gasteiger partial charge in [0.2, 0.25) is 0 Å². The van der Waals surface area contributed by atoms with Crippen LogP contribution in [-0.2, 0) is 11.4 Å². The van der Waals surface area contributed by atoms with Crippen molar-refractivity contribution >= 4 is 17.4 Å². The zero-order chi connectivity index (χ0) is 25.2. The monoisotopic (exact) mass is 492 g/mol. The lowest BCUT2D eigenvalue weighted by atomic mass is 9.92. The number of carbonyl (C=O) groups excluding carboxylic acids is 1. The van der Waals surface area contributed by atoms with E-state index in [1.165, 1.54) is 6.08 Å². The smallest absolute Gasteiger partial charge is 0.273 e. The third kappa shape index (κ3) is 5.47. The predicted molar refractivity (Wildman–Crippen MR) is 126 cm³/mol. The summed E-state index contributed by atoms with van der Waals surface area (Å²) in [6, 6.07) is 1.46. The van der Waals surface area contributed by atoms with Crippen molar-refractivity contribution in [2.45, 2.75) is 39.0 Å². The summed E-state index contributed by atoms with van der Waals surface area (Å²) >= 11 is 6.33. The lowest BCUT2D eigenvalue weighted by Crippen LogP contribution is -2.42. The molecule has 1 aliphatic heterocycles. The number of aromatic nitrogens is 2. The van der Waals surface area contributed by atoms with E-state index in [0.29, 0.717) is 18.2 Å². The quantitative estimate of drug-likeness (QED) is 0.547. The first-order valence-electron chi connectivity index (χ1n) is 10.6. The van der Waals surface area contributed by atoms with Crippen molar-refractivity contribution in [3.05, 3.63) is 80.8 Å². The molecule has 0 saturated carbocycles. The molecule has 0 fully saturated rings. The predicted octanol–water partition coefficient (Wildman–Crippen LogP) is 3.86. The Bertz CT molecular complexity index is 1210. The first-order chi connectivity index (χ1) is 16.0. The minimum absolute atomic E-state index is 0.0713. The molecule has 0 saturated heterocycles. The van der Waals surface area contributed by atoms with E-state index in [1.54, 1.807) is 28.7 Å². The SMILES string of the molecule is CC1=CN(C)[C@@H](C(=O)/C=C/N(C)C)C[C@H]1n1c(C)cc(OCc2ncc(F)cc2F)c(Cl)c1=O. The zero-order valence-electron chi connectivity index (χ0n) is 19.7. The van der Waals surface area contributed by atoms with Crippen molar-refractivity contribution in [2.75, 3.05) is 21.1 Å². The van der Waals surface area contributed by atoms with Crippen LogP contribution in [0.25, 0.3) is 0 Å². The second-order valence-corrected chi connectivity index (χ2v) is 8.88. The Hall–Kier alpha value is -3.20. The van der Waals surface area contributed by atoms with Gasteiger partial charge in [-0.25, -0.2) is 8.78 Å². The van der Waals surface area contributed by atoms with Crippen molar-refractivity contribution < 1.29 is 18.3 Å². The molecule has 10 heteroatoms. The fourth-order valence-corrected chi connectivity index (χ4v) is 4.10. The Morgan fingerprint density at radius 1 is 1.32 bits per heavy atom. The summed E-state index contributed by atoms with van der Waals surface area (Å²) in [4.78, 5) is 33.3. The molecule has 0 radical (unpaired) electrons.